The summed E-state index contributed by atoms with van der Waals surface area (Å²) < 4.78 is 141. The molecule has 68 heavy (non-hydrogen) atoms. The van der Waals surface area contributed by atoms with E-state index >= 15 is 0 Å². The van der Waals surface area contributed by atoms with Crippen LogP contribution in [0.15, 0.2) is 0 Å². The summed E-state index contributed by atoms with van der Waals surface area (Å²) in [6.07, 6.45) is -22.0. The lowest BCUT2D eigenvalue weighted by molar-refractivity contribution is -0.397. The molecule has 2 bridgehead atoms. The number of fused-ring (bicyclic) bond motifs is 2. The minimum absolute atomic E-state index is 0.00357. The summed E-state index contributed by atoms with van der Waals surface area (Å²) in [7, 11) is 19.6. The first-order valence-corrected chi connectivity index (χ1v) is 22.6. The van der Waals surface area contributed by atoms with Gasteiger partial charge in [-0.3, -0.25) is 0 Å². The average molecular weight is 993 g/mol. The van der Waals surface area contributed by atoms with E-state index in [2.05, 4.69) is 0 Å². The summed E-state index contributed by atoms with van der Waals surface area (Å²) in [6, 6.07) is 0. The predicted octanol–water partition coefficient (Wildman–Crippen LogP) is -2.38. The topological polar surface area (TPSA) is 253 Å². The lowest BCUT2D eigenvalue weighted by Gasteiger charge is -2.52. The Morgan fingerprint density at radius 2 is 0.662 bits per heavy atom. The first kappa shape index (κ1) is 56.3. The van der Waals surface area contributed by atoms with Gasteiger partial charge in [0, 0.05) is 92.4 Å². The van der Waals surface area contributed by atoms with Crippen LogP contribution in [0.3, 0.4) is 0 Å². The molecule has 6 rings (SSSR count). The van der Waals surface area contributed by atoms with Gasteiger partial charge in [-0.25, -0.2) is 0 Å². The van der Waals surface area contributed by atoms with Crippen LogP contribution in [0.25, 0.3) is 0 Å². The fourth-order valence-corrected chi connectivity index (χ4v) is 10.2. The SMILES string of the molecule is COCC1O[C@@H](O[C@@H]2C(COC)O[C@@H](O[C@@H]3C(COC)O[C@@H](O[C@H]4C(OC)C(OC)[C@@H]5OC[C@@H]4O5)C(OC)[C@H]3OC)C(OC)[C@H]2OC)C(OC)C(OC)[C@@H]1O[C@H]1OC(CO)[C@@H](O)C(OC)C1OC. The molecule has 6 heterocycles. The third-order valence-corrected chi connectivity index (χ3v) is 13.5. The average Bonchev–Trinajstić information content (AvgIpc) is 3.78. The van der Waals surface area contributed by atoms with Gasteiger partial charge in [-0.15, -0.1) is 0 Å². The Morgan fingerprint density at radius 1 is 0.353 bits per heavy atom. The molecule has 0 aromatic carbocycles. The van der Waals surface area contributed by atoms with Gasteiger partial charge in [-0.1, -0.05) is 0 Å². The standard InChI is InChI=1S/C43H76O25/c1-46-15-20-25(65-40-34(54-9)29(49-4)24(45)19(14-44)60-40)31(51-6)36(56-11)41(62-20)66-26-21(16-47-2)63-42(37(57-12)32(26)52-7)67-27-22(17-48-3)64-43(38(58-13)33(27)53-8)68-28-23-18-59-39(61-23)35(55-10)30(28)50-5/h19-45H,14-18H2,1-13H3/t19?,20?,21?,22?,23-,24+,25+,26+,27+,28+,29?,30?,31?,32-,33-,34?,35?,36?,37?,38?,39+,40+,41-,42-,43-/m0/s1. The maximum Gasteiger partial charge on any atom is 0.187 e. The number of aliphatic hydroxyl groups excluding tert-OH is 2. The van der Waals surface area contributed by atoms with Gasteiger partial charge in [-0.2, -0.15) is 0 Å². The maximum absolute atomic E-state index is 10.8. The molecule has 25 atom stereocenters. The molecule has 0 amide bonds. The number of aliphatic hydroxyl groups is 2. The van der Waals surface area contributed by atoms with Gasteiger partial charge in [0.05, 0.1) is 33.0 Å². The molecule has 6 aliphatic heterocycles. The zero-order valence-corrected chi connectivity index (χ0v) is 41.3. The summed E-state index contributed by atoms with van der Waals surface area (Å²) in [5, 5.41) is 20.9. The molecule has 25 heteroatoms. The highest BCUT2D eigenvalue weighted by Crippen LogP contribution is 2.40. The zero-order valence-electron chi connectivity index (χ0n) is 41.3. The Balaban J connectivity index is 1.23. The van der Waals surface area contributed by atoms with Crippen molar-refractivity contribution in [1.82, 2.24) is 0 Å². The van der Waals surface area contributed by atoms with E-state index in [4.69, 9.17) is 109 Å². The molecule has 0 spiro atoms. The Morgan fingerprint density at radius 3 is 0.985 bits per heavy atom. The molecule has 12 unspecified atom stereocenters. The van der Waals surface area contributed by atoms with Crippen LogP contribution >= 0.6 is 0 Å². The van der Waals surface area contributed by atoms with E-state index in [1.807, 2.05) is 0 Å². The number of hydrogen-bond acceptors (Lipinski definition) is 25. The Hall–Kier alpha value is -1.00. The van der Waals surface area contributed by atoms with Gasteiger partial charge in [0.1, 0.15) is 122 Å². The highest BCUT2D eigenvalue weighted by molar-refractivity contribution is 5.02. The van der Waals surface area contributed by atoms with Crippen LogP contribution in [0.5, 0.6) is 0 Å². The first-order chi connectivity index (χ1) is 33.0. The molecule has 2 N–H and O–H groups in total. The van der Waals surface area contributed by atoms with Crippen molar-refractivity contribution in [3.05, 3.63) is 0 Å². The van der Waals surface area contributed by atoms with E-state index in [1.165, 1.54) is 78.2 Å². The second-order valence-corrected chi connectivity index (χ2v) is 17.0. The number of hydrogen-bond donors (Lipinski definition) is 2. The molecular weight excluding hydrogens is 916 g/mol. The van der Waals surface area contributed by atoms with Crippen LogP contribution in [0, 0.1) is 0 Å². The number of methoxy groups -OCH3 is 13. The molecule has 0 aromatic rings. The van der Waals surface area contributed by atoms with Crippen LogP contribution in [-0.4, -0.2) is 289 Å². The molecule has 0 radical (unpaired) electrons. The van der Waals surface area contributed by atoms with Gasteiger partial charge in [0.15, 0.2) is 31.5 Å². The first-order valence-electron chi connectivity index (χ1n) is 22.6. The maximum atomic E-state index is 10.8. The molecule has 0 aromatic heterocycles. The summed E-state index contributed by atoms with van der Waals surface area (Å²) >= 11 is 0. The molecule has 6 fully saturated rings. The summed E-state index contributed by atoms with van der Waals surface area (Å²) in [6.45, 7) is -0.183. The lowest BCUT2D eigenvalue weighted by Crippen LogP contribution is -2.69. The van der Waals surface area contributed by atoms with E-state index in [9.17, 15) is 10.2 Å². The largest absolute Gasteiger partial charge is 0.394 e. The van der Waals surface area contributed by atoms with Gasteiger partial charge in [0.2, 0.25) is 0 Å². The van der Waals surface area contributed by atoms with Crippen LogP contribution in [-0.2, 0) is 109 Å². The third-order valence-electron chi connectivity index (χ3n) is 13.5. The van der Waals surface area contributed by atoms with Gasteiger partial charge >= 0.3 is 0 Å². The van der Waals surface area contributed by atoms with Crippen LogP contribution in [0.1, 0.15) is 0 Å². The van der Waals surface area contributed by atoms with Crippen molar-refractivity contribution in [2.24, 2.45) is 0 Å². The second kappa shape index (κ2) is 26.8. The minimum Gasteiger partial charge on any atom is -0.394 e. The number of rotatable bonds is 25. The molecular formula is C43H76O25. The van der Waals surface area contributed by atoms with Crippen LogP contribution in [0.4, 0.5) is 0 Å². The Kier molecular flexibility index (Phi) is 22.2. The quantitative estimate of drug-likeness (QED) is 0.0969. The van der Waals surface area contributed by atoms with Crippen LogP contribution in [0.2, 0.25) is 0 Å². The predicted molar refractivity (Wildman–Crippen MR) is 225 cm³/mol. The van der Waals surface area contributed by atoms with E-state index in [0.29, 0.717) is 0 Å². The van der Waals surface area contributed by atoms with E-state index < -0.39 is 160 Å². The zero-order chi connectivity index (χ0) is 49.2. The summed E-state index contributed by atoms with van der Waals surface area (Å²) in [4.78, 5) is 0. The van der Waals surface area contributed by atoms with Gasteiger partial charge < -0.3 is 119 Å². The Bertz CT molecular complexity index is 1440. The van der Waals surface area contributed by atoms with Crippen molar-refractivity contribution in [1.29, 1.82) is 0 Å². The second-order valence-electron chi connectivity index (χ2n) is 17.0. The summed E-state index contributed by atoms with van der Waals surface area (Å²) in [5.41, 5.74) is 0. The molecule has 25 nitrogen and oxygen atoms in total. The van der Waals surface area contributed by atoms with Crippen molar-refractivity contribution in [2.75, 3.05) is 125 Å². The van der Waals surface area contributed by atoms with E-state index in [1.54, 1.807) is 14.2 Å². The van der Waals surface area contributed by atoms with Crippen molar-refractivity contribution < 1.29 is 119 Å². The van der Waals surface area contributed by atoms with Gasteiger partial charge in [0.25, 0.3) is 0 Å². The Labute approximate surface area is 397 Å². The smallest absolute Gasteiger partial charge is 0.187 e. The van der Waals surface area contributed by atoms with Crippen molar-refractivity contribution >= 4 is 0 Å². The lowest BCUT2D eigenvalue weighted by atomic mass is 9.95. The van der Waals surface area contributed by atoms with Crippen molar-refractivity contribution in [3.63, 3.8) is 0 Å². The number of ether oxygens (including phenoxy) is 23. The molecule has 398 valence electrons. The molecule has 6 saturated heterocycles. The summed E-state index contributed by atoms with van der Waals surface area (Å²) in [5.74, 6) is 0. The minimum atomic E-state index is -1.20. The highest BCUT2D eigenvalue weighted by Gasteiger charge is 2.59. The highest BCUT2D eigenvalue weighted by atomic mass is 16.8. The third kappa shape index (κ3) is 11.7. The van der Waals surface area contributed by atoms with Crippen LogP contribution < -0.4 is 0 Å². The monoisotopic (exact) mass is 992 g/mol. The van der Waals surface area contributed by atoms with Gasteiger partial charge in [-0.05, 0) is 0 Å². The molecule has 6 aliphatic rings. The fourth-order valence-electron chi connectivity index (χ4n) is 10.2. The molecule has 0 saturated carbocycles. The van der Waals surface area contributed by atoms with Crippen molar-refractivity contribution in [2.45, 2.75) is 154 Å². The van der Waals surface area contributed by atoms with E-state index in [-0.39, 0.29) is 26.4 Å². The van der Waals surface area contributed by atoms with E-state index in [0.717, 1.165) is 0 Å². The van der Waals surface area contributed by atoms with Crippen molar-refractivity contribution in [3.8, 4) is 0 Å². The fraction of sp³-hybridized carbons (Fsp3) is 1.00. The molecule has 0 aliphatic carbocycles. The normalized spacial score (nSPS) is 46.5.